The van der Waals surface area contributed by atoms with Crippen LogP contribution in [0.1, 0.15) is 11.1 Å². The summed E-state index contributed by atoms with van der Waals surface area (Å²) in [4.78, 5) is 21.4. The number of morpholine rings is 1. The summed E-state index contributed by atoms with van der Waals surface area (Å²) in [6.07, 6.45) is 4.16. The van der Waals surface area contributed by atoms with Gasteiger partial charge in [-0.2, -0.15) is 0 Å². The van der Waals surface area contributed by atoms with Crippen molar-refractivity contribution in [3.63, 3.8) is 0 Å². The molecular formula is C26H29N3O2. The summed E-state index contributed by atoms with van der Waals surface area (Å²) in [6, 6.07) is 22.8. The molecule has 0 unspecified atom stereocenters. The number of pyridine rings is 1. The zero-order chi connectivity index (χ0) is 21.7. The van der Waals surface area contributed by atoms with Crippen molar-refractivity contribution in [2.24, 2.45) is 0 Å². The molecule has 5 nitrogen and oxygen atoms in total. The number of carbonyl (C=O) groups is 1. The number of aromatic nitrogens is 1. The van der Waals surface area contributed by atoms with Crippen LogP contribution in [0.3, 0.4) is 0 Å². The topological polar surface area (TPSA) is 45.7 Å². The molecule has 4 rings (SSSR count). The highest BCUT2D eigenvalue weighted by molar-refractivity contribution is 5.86. The van der Waals surface area contributed by atoms with Crippen molar-refractivity contribution < 1.29 is 9.53 Å². The van der Waals surface area contributed by atoms with Crippen LogP contribution >= 0.6 is 0 Å². The Morgan fingerprint density at radius 3 is 2.48 bits per heavy atom. The molecule has 0 saturated carbocycles. The third-order valence-corrected chi connectivity index (χ3v) is 5.74. The molecule has 0 bridgehead atoms. The molecule has 0 aliphatic carbocycles. The molecular weight excluding hydrogens is 386 g/mol. The second-order valence-electron chi connectivity index (χ2n) is 8.35. The second kappa shape index (κ2) is 9.41. The van der Waals surface area contributed by atoms with Crippen LogP contribution in [0, 0.1) is 0 Å². The Bertz CT molecular complexity index is 1010. The lowest BCUT2D eigenvalue weighted by Gasteiger charge is -2.43. The Morgan fingerprint density at radius 2 is 1.74 bits per heavy atom. The van der Waals surface area contributed by atoms with Crippen LogP contribution in [0.2, 0.25) is 0 Å². The molecule has 5 heteroatoms. The van der Waals surface area contributed by atoms with E-state index in [0.29, 0.717) is 19.6 Å². The summed E-state index contributed by atoms with van der Waals surface area (Å²) >= 11 is 0. The summed E-state index contributed by atoms with van der Waals surface area (Å²) in [7, 11) is 3.60. The number of amides is 1. The van der Waals surface area contributed by atoms with Gasteiger partial charge in [-0.15, -0.1) is 0 Å². The van der Waals surface area contributed by atoms with Gasteiger partial charge in [0.2, 0.25) is 0 Å². The molecule has 160 valence electrons. The fourth-order valence-corrected chi connectivity index (χ4v) is 4.28. The Morgan fingerprint density at radius 1 is 1.00 bits per heavy atom. The molecule has 3 aromatic rings. The van der Waals surface area contributed by atoms with E-state index in [4.69, 9.17) is 4.74 Å². The van der Waals surface area contributed by atoms with E-state index in [1.807, 2.05) is 42.7 Å². The largest absolute Gasteiger partial charge is 0.362 e. The first-order valence-electron chi connectivity index (χ1n) is 10.7. The summed E-state index contributed by atoms with van der Waals surface area (Å²) in [6.45, 7) is 2.66. The Hall–Kier alpha value is -3.02. The fraction of sp³-hybridized carbons (Fsp3) is 0.308. The first-order chi connectivity index (χ1) is 15.1. The van der Waals surface area contributed by atoms with Crippen LogP contribution in [-0.2, 0) is 22.5 Å². The molecule has 31 heavy (non-hydrogen) atoms. The minimum Gasteiger partial charge on any atom is -0.362 e. The van der Waals surface area contributed by atoms with Crippen molar-refractivity contribution in [1.82, 2.24) is 14.8 Å². The number of nitrogens with zero attached hydrogens (tertiary/aromatic N) is 3. The molecule has 1 fully saturated rings. The molecule has 1 amide bonds. The molecule has 2 heterocycles. The second-order valence-corrected chi connectivity index (χ2v) is 8.35. The first-order valence-corrected chi connectivity index (χ1v) is 10.7. The van der Waals surface area contributed by atoms with Crippen LogP contribution in [0.15, 0.2) is 79.1 Å². The Balaban J connectivity index is 1.60. The molecule has 1 aliphatic rings. The molecule has 1 aliphatic heterocycles. The van der Waals surface area contributed by atoms with Crippen molar-refractivity contribution in [3.05, 3.63) is 90.3 Å². The highest BCUT2D eigenvalue weighted by Gasteiger charge is 2.44. The van der Waals surface area contributed by atoms with Gasteiger partial charge in [-0.25, -0.2) is 0 Å². The van der Waals surface area contributed by atoms with E-state index in [1.54, 1.807) is 19.0 Å². The van der Waals surface area contributed by atoms with Gasteiger partial charge < -0.3 is 9.64 Å². The van der Waals surface area contributed by atoms with Crippen molar-refractivity contribution in [1.29, 1.82) is 0 Å². The normalized spacial score (nSPS) is 19.2. The van der Waals surface area contributed by atoms with E-state index in [2.05, 4.69) is 46.3 Å². The molecule has 1 atom stereocenters. The first kappa shape index (κ1) is 21.2. The van der Waals surface area contributed by atoms with Gasteiger partial charge in [-0.1, -0.05) is 54.6 Å². The van der Waals surface area contributed by atoms with E-state index in [1.165, 1.54) is 11.1 Å². The molecule has 0 radical (unpaired) electrons. The maximum absolute atomic E-state index is 13.3. The standard InChI is InChI=1S/C26H29N3O2/c1-28(2)25(30)26(20-29(15-16-31-26)19-21-11-13-27-14-12-21)18-22-7-6-10-24(17-22)23-8-4-3-5-9-23/h3-14,17H,15-16,18-20H2,1-2H3/t26-/m1/s1. The smallest absolute Gasteiger partial charge is 0.255 e. The van der Waals surface area contributed by atoms with E-state index < -0.39 is 5.60 Å². The van der Waals surface area contributed by atoms with Gasteiger partial charge in [-0.05, 0) is 34.4 Å². The number of rotatable bonds is 6. The minimum absolute atomic E-state index is 0.0112. The minimum atomic E-state index is -0.899. The predicted octanol–water partition coefficient (Wildman–Crippen LogP) is 3.65. The predicted molar refractivity (Wildman–Crippen MR) is 122 cm³/mol. The van der Waals surface area contributed by atoms with Crippen LogP contribution in [0.5, 0.6) is 0 Å². The van der Waals surface area contributed by atoms with E-state index >= 15 is 0 Å². The highest BCUT2D eigenvalue weighted by atomic mass is 16.5. The molecule has 2 aromatic carbocycles. The highest BCUT2D eigenvalue weighted by Crippen LogP contribution is 2.28. The third kappa shape index (κ3) is 5.01. The van der Waals surface area contributed by atoms with Crippen molar-refractivity contribution in [2.75, 3.05) is 33.8 Å². The molecule has 1 saturated heterocycles. The van der Waals surface area contributed by atoms with Crippen molar-refractivity contribution >= 4 is 5.91 Å². The van der Waals surface area contributed by atoms with Crippen molar-refractivity contribution in [3.8, 4) is 11.1 Å². The summed E-state index contributed by atoms with van der Waals surface area (Å²) in [5, 5.41) is 0. The molecule has 1 aromatic heterocycles. The van der Waals surface area contributed by atoms with Gasteiger partial charge in [-0.3, -0.25) is 14.7 Å². The summed E-state index contributed by atoms with van der Waals surface area (Å²) in [5.74, 6) is 0.0112. The van der Waals surface area contributed by atoms with E-state index in [0.717, 1.165) is 24.2 Å². The summed E-state index contributed by atoms with van der Waals surface area (Å²) in [5.41, 5.74) is 3.71. The molecule has 0 spiro atoms. The summed E-state index contributed by atoms with van der Waals surface area (Å²) < 4.78 is 6.26. The van der Waals surface area contributed by atoms with Crippen LogP contribution in [0.25, 0.3) is 11.1 Å². The number of hydrogen-bond acceptors (Lipinski definition) is 4. The quantitative estimate of drug-likeness (QED) is 0.617. The van der Waals surface area contributed by atoms with Gasteiger partial charge in [0.05, 0.1) is 6.61 Å². The number of benzene rings is 2. The lowest BCUT2D eigenvalue weighted by molar-refractivity contribution is -0.169. The van der Waals surface area contributed by atoms with Crippen LogP contribution < -0.4 is 0 Å². The average molecular weight is 416 g/mol. The molecule has 0 N–H and O–H groups in total. The Kier molecular flexibility index (Phi) is 6.44. The number of carbonyl (C=O) groups excluding carboxylic acids is 1. The van der Waals surface area contributed by atoms with Gasteiger partial charge in [0.25, 0.3) is 5.91 Å². The number of hydrogen-bond donors (Lipinski definition) is 0. The zero-order valence-corrected chi connectivity index (χ0v) is 18.2. The van der Waals surface area contributed by atoms with E-state index in [-0.39, 0.29) is 5.91 Å². The van der Waals surface area contributed by atoms with Crippen molar-refractivity contribution in [2.45, 2.75) is 18.6 Å². The van der Waals surface area contributed by atoms with Gasteiger partial charge in [0, 0.05) is 52.5 Å². The fourth-order valence-electron chi connectivity index (χ4n) is 4.28. The lowest BCUT2D eigenvalue weighted by Crippen LogP contribution is -2.60. The SMILES string of the molecule is CN(C)C(=O)[C@@]1(Cc2cccc(-c3ccccc3)c2)CN(Cc2ccncc2)CCO1. The van der Waals surface area contributed by atoms with Gasteiger partial charge in [0.15, 0.2) is 5.60 Å². The van der Waals surface area contributed by atoms with Gasteiger partial charge >= 0.3 is 0 Å². The van der Waals surface area contributed by atoms with Gasteiger partial charge in [0.1, 0.15) is 0 Å². The third-order valence-electron chi connectivity index (χ3n) is 5.74. The van der Waals surface area contributed by atoms with Crippen LogP contribution in [0.4, 0.5) is 0 Å². The zero-order valence-electron chi connectivity index (χ0n) is 18.2. The maximum atomic E-state index is 13.3. The lowest BCUT2D eigenvalue weighted by atomic mass is 9.89. The van der Waals surface area contributed by atoms with E-state index in [9.17, 15) is 4.79 Å². The van der Waals surface area contributed by atoms with Crippen LogP contribution in [-0.4, -0.2) is 60.1 Å². The Labute approximate surface area is 184 Å². The number of likely N-dealkylation sites (N-methyl/N-ethyl adjacent to an activating group) is 1. The average Bonchev–Trinajstić information content (AvgIpc) is 2.80. The monoisotopic (exact) mass is 415 g/mol. The maximum Gasteiger partial charge on any atom is 0.255 e. The number of ether oxygens (including phenoxy) is 1.